The van der Waals surface area contributed by atoms with Gasteiger partial charge >= 0.3 is 6.18 Å². The van der Waals surface area contributed by atoms with Gasteiger partial charge in [-0.3, -0.25) is 4.79 Å². The van der Waals surface area contributed by atoms with Crippen LogP contribution in [0.25, 0.3) is 0 Å². The predicted molar refractivity (Wildman–Crippen MR) is 111 cm³/mol. The van der Waals surface area contributed by atoms with Crippen LogP contribution in [-0.4, -0.2) is 58.6 Å². The minimum Gasteiger partial charge on any atom is -0.378 e. The predicted octanol–water partition coefficient (Wildman–Crippen LogP) is 4.49. The molecule has 0 aromatic carbocycles. The van der Waals surface area contributed by atoms with E-state index in [4.69, 9.17) is 4.74 Å². The van der Waals surface area contributed by atoms with Gasteiger partial charge < -0.3 is 15.0 Å². The van der Waals surface area contributed by atoms with Gasteiger partial charge in [-0.2, -0.15) is 18.3 Å². The molecule has 0 spiro atoms. The summed E-state index contributed by atoms with van der Waals surface area (Å²) in [7, 11) is 0. The summed E-state index contributed by atoms with van der Waals surface area (Å²) in [5.74, 6) is 0.440. The van der Waals surface area contributed by atoms with Crippen molar-refractivity contribution in [2.75, 3.05) is 25.0 Å². The Balaban J connectivity index is 1.51. The lowest BCUT2D eigenvalue weighted by atomic mass is 9.82. The Morgan fingerprint density at radius 1 is 1.26 bits per heavy atom. The molecule has 3 aliphatic heterocycles. The van der Waals surface area contributed by atoms with E-state index in [9.17, 15) is 18.0 Å². The first-order valence-corrected chi connectivity index (χ1v) is 11.3. The lowest BCUT2D eigenvalue weighted by Crippen LogP contribution is -2.44. The quantitative estimate of drug-likeness (QED) is 0.749. The fourth-order valence-electron chi connectivity index (χ4n) is 4.94. The third-order valence-electron chi connectivity index (χ3n) is 6.87. The van der Waals surface area contributed by atoms with E-state index in [-0.39, 0.29) is 35.8 Å². The zero-order chi connectivity index (χ0) is 22.4. The molecule has 2 fully saturated rings. The number of halogens is 3. The molecule has 1 amide bonds. The van der Waals surface area contributed by atoms with Crippen molar-refractivity contribution < 1.29 is 22.7 Å². The normalized spacial score (nSPS) is 29.5. The van der Waals surface area contributed by atoms with E-state index in [1.807, 2.05) is 25.7 Å². The lowest BCUT2D eigenvalue weighted by Gasteiger charge is -2.39. The number of hydrogen-bond acceptors (Lipinski definition) is 4. The van der Waals surface area contributed by atoms with Crippen LogP contribution < -0.4 is 5.32 Å². The number of likely N-dealkylation sites (tertiary alicyclic amines) is 1. The van der Waals surface area contributed by atoms with Gasteiger partial charge in [0.2, 0.25) is 5.91 Å². The third kappa shape index (κ3) is 4.86. The number of ether oxygens (including phenoxy) is 1. The van der Waals surface area contributed by atoms with Gasteiger partial charge in [0.1, 0.15) is 5.82 Å². The van der Waals surface area contributed by atoms with Crippen molar-refractivity contribution >= 4 is 11.7 Å². The highest BCUT2D eigenvalue weighted by Gasteiger charge is 2.48. The first-order valence-electron chi connectivity index (χ1n) is 11.3. The van der Waals surface area contributed by atoms with Crippen LogP contribution in [0.2, 0.25) is 0 Å². The van der Waals surface area contributed by atoms with Crippen molar-refractivity contribution in [3.8, 4) is 0 Å². The maximum absolute atomic E-state index is 13.8. The van der Waals surface area contributed by atoms with Crippen LogP contribution >= 0.6 is 0 Å². The summed E-state index contributed by atoms with van der Waals surface area (Å²) in [4.78, 5) is 14.6. The highest BCUT2D eigenvalue weighted by Crippen LogP contribution is 2.44. The third-order valence-corrected chi connectivity index (χ3v) is 6.87. The van der Waals surface area contributed by atoms with E-state index >= 15 is 0 Å². The molecule has 0 radical (unpaired) electrons. The number of fused-ring (bicyclic) bond motifs is 1. The van der Waals surface area contributed by atoms with Crippen molar-refractivity contribution in [3.63, 3.8) is 0 Å². The van der Waals surface area contributed by atoms with Crippen LogP contribution in [0.3, 0.4) is 0 Å². The number of rotatable bonds is 3. The molecule has 4 rings (SSSR count). The molecule has 4 heterocycles. The number of anilines is 1. The van der Waals surface area contributed by atoms with Crippen LogP contribution in [0.15, 0.2) is 6.07 Å². The monoisotopic (exact) mass is 442 g/mol. The van der Waals surface area contributed by atoms with E-state index in [1.54, 1.807) is 6.07 Å². The van der Waals surface area contributed by atoms with Gasteiger partial charge in [0.25, 0.3) is 0 Å². The van der Waals surface area contributed by atoms with Gasteiger partial charge in [-0.1, -0.05) is 20.8 Å². The standard InChI is InChI=1S/C22H33F3N4O2/c1-21(2,3)17-12-18(22(23,24)25)29-19(26-17)11-16(27-29)14-6-4-8-28(13-14)20(30)10-15-7-5-9-31-15/h11,14-15,17-18,26H,4-10,12-13H2,1-3H3/t14-,15+,17-,18+/m0/s1. The molecule has 0 bridgehead atoms. The topological polar surface area (TPSA) is 59.4 Å². The Kier molecular flexibility index (Phi) is 6.00. The van der Waals surface area contributed by atoms with Gasteiger partial charge in [0, 0.05) is 37.7 Å². The lowest BCUT2D eigenvalue weighted by molar-refractivity contribution is -0.175. The summed E-state index contributed by atoms with van der Waals surface area (Å²) in [5.41, 5.74) is 0.330. The summed E-state index contributed by atoms with van der Waals surface area (Å²) < 4.78 is 48.2. The number of nitrogens with one attached hydrogen (secondary N) is 1. The zero-order valence-electron chi connectivity index (χ0n) is 18.5. The van der Waals surface area contributed by atoms with Crippen LogP contribution in [0, 0.1) is 5.41 Å². The van der Waals surface area contributed by atoms with Gasteiger partial charge in [-0.15, -0.1) is 0 Å². The molecular weight excluding hydrogens is 409 g/mol. The molecule has 0 aliphatic carbocycles. The number of carbonyl (C=O) groups excluding carboxylic acids is 1. The Hall–Kier alpha value is -1.77. The van der Waals surface area contributed by atoms with Crippen molar-refractivity contribution in [2.45, 2.75) is 89.6 Å². The summed E-state index contributed by atoms with van der Waals surface area (Å²) in [5, 5.41) is 7.69. The van der Waals surface area contributed by atoms with Crippen LogP contribution in [0.1, 0.15) is 76.9 Å². The van der Waals surface area contributed by atoms with Crippen molar-refractivity contribution in [1.29, 1.82) is 0 Å². The largest absolute Gasteiger partial charge is 0.410 e. The number of nitrogens with zero attached hydrogens (tertiary/aromatic N) is 3. The van der Waals surface area contributed by atoms with Crippen LogP contribution in [0.5, 0.6) is 0 Å². The summed E-state index contributed by atoms with van der Waals surface area (Å²) in [6.45, 7) is 7.74. The number of aromatic nitrogens is 2. The number of hydrogen-bond donors (Lipinski definition) is 1. The van der Waals surface area contributed by atoms with Gasteiger partial charge in [0.15, 0.2) is 6.04 Å². The number of piperidine rings is 1. The fourth-order valence-corrected chi connectivity index (χ4v) is 4.94. The van der Waals surface area contributed by atoms with Gasteiger partial charge in [-0.25, -0.2) is 4.68 Å². The van der Waals surface area contributed by atoms with Crippen LogP contribution in [-0.2, 0) is 9.53 Å². The van der Waals surface area contributed by atoms with E-state index < -0.39 is 12.2 Å². The molecule has 3 aliphatic rings. The van der Waals surface area contributed by atoms with E-state index in [0.29, 0.717) is 37.6 Å². The first kappa shape index (κ1) is 22.4. The molecule has 1 N–H and O–H groups in total. The Bertz CT molecular complexity index is 796. The molecule has 174 valence electrons. The maximum Gasteiger partial charge on any atom is 0.410 e. The van der Waals surface area contributed by atoms with Crippen LogP contribution in [0.4, 0.5) is 19.0 Å². The summed E-state index contributed by atoms with van der Waals surface area (Å²) in [6, 6.07) is -0.176. The Morgan fingerprint density at radius 3 is 2.68 bits per heavy atom. The molecule has 31 heavy (non-hydrogen) atoms. The highest BCUT2D eigenvalue weighted by atomic mass is 19.4. The molecule has 6 nitrogen and oxygen atoms in total. The minimum atomic E-state index is -4.36. The average molecular weight is 443 g/mol. The van der Waals surface area contributed by atoms with Crippen molar-refractivity contribution in [3.05, 3.63) is 11.8 Å². The summed E-state index contributed by atoms with van der Waals surface area (Å²) >= 11 is 0. The van der Waals surface area contributed by atoms with E-state index in [1.165, 1.54) is 0 Å². The Morgan fingerprint density at radius 2 is 2.03 bits per heavy atom. The Labute approximate surface area is 181 Å². The molecular formula is C22H33F3N4O2. The molecule has 2 saturated heterocycles. The number of amides is 1. The average Bonchev–Trinajstić information content (AvgIpc) is 3.35. The molecule has 9 heteroatoms. The first-order chi connectivity index (χ1) is 14.5. The molecule has 4 atom stereocenters. The van der Waals surface area contributed by atoms with E-state index in [0.717, 1.165) is 30.4 Å². The van der Waals surface area contributed by atoms with Crippen molar-refractivity contribution in [1.82, 2.24) is 14.7 Å². The minimum absolute atomic E-state index is 0.00105. The molecule has 1 aromatic heterocycles. The molecule has 0 unspecified atom stereocenters. The summed E-state index contributed by atoms with van der Waals surface area (Å²) in [6.07, 6.45) is -0.474. The second kappa shape index (κ2) is 8.30. The maximum atomic E-state index is 13.8. The molecule has 0 saturated carbocycles. The molecule has 1 aromatic rings. The zero-order valence-corrected chi connectivity index (χ0v) is 18.5. The van der Waals surface area contributed by atoms with E-state index in [2.05, 4.69) is 10.4 Å². The van der Waals surface area contributed by atoms with Crippen molar-refractivity contribution in [2.24, 2.45) is 5.41 Å². The second-order valence-corrected chi connectivity index (χ2v) is 10.3. The van der Waals surface area contributed by atoms with Gasteiger partial charge in [-0.05, 0) is 37.5 Å². The smallest absolute Gasteiger partial charge is 0.378 e. The SMILES string of the molecule is CC(C)(C)[C@@H]1C[C@H](C(F)(F)F)n2nc([C@H]3CCCN(C(=O)C[C@H]4CCCO4)C3)cc2N1. The number of carbonyl (C=O) groups is 1. The second-order valence-electron chi connectivity index (χ2n) is 10.3. The number of alkyl halides is 3. The fraction of sp³-hybridized carbons (Fsp3) is 0.818. The van der Waals surface area contributed by atoms with Gasteiger partial charge in [0.05, 0.1) is 18.2 Å². The highest BCUT2D eigenvalue weighted by molar-refractivity contribution is 5.77.